The van der Waals surface area contributed by atoms with E-state index in [1.807, 2.05) is 0 Å². The lowest BCUT2D eigenvalue weighted by atomic mass is 9.73. The normalized spacial score (nSPS) is 36.8. The SMILES string of the molecule is CCCC1CC(C)CCC1CNC1CC1. The molecule has 0 saturated heterocycles. The van der Waals surface area contributed by atoms with Gasteiger partial charge in [0.1, 0.15) is 0 Å². The summed E-state index contributed by atoms with van der Waals surface area (Å²) in [5.74, 6) is 2.99. The van der Waals surface area contributed by atoms with Crippen molar-refractivity contribution in [3.8, 4) is 0 Å². The summed E-state index contributed by atoms with van der Waals surface area (Å²) in [6.45, 7) is 6.08. The molecule has 0 radical (unpaired) electrons. The molecule has 0 bridgehead atoms. The summed E-state index contributed by atoms with van der Waals surface area (Å²) >= 11 is 0. The van der Waals surface area contributed by atoms with E-state index in [0.29, 0.717) is 0 Å². The molecule has 1 nitrogen and oxygen atoms in total. The summed E-state index contributed by atoms with van der Waals surface area (Å²) < 4.78 is 0. The van der Waals surface area contributed by atoms with Gasteiger partial charge in [0.05, 0.1) is 0 Å². The lowest BCUT2D eigenvalue weighted by molar-refractivity contribution is 0.173. The van der Waals surface area contributed by atoms with Crippen molar-refractivity contribution >= 4 is 0 Å². The van der Waals surface area contributed by atoms with Crippen LogP contribution >= 0.6 is 0 Å². The molecule has 0 aliphatic heterocycles. The van der Waals surface area contributed by atoms with E-state index < -0.39 is 0 Å². The second-order valence-electron chi connectivity index (χ2n) is 5.91. The Hall–Kier alpha value is -0.0400. The van der Waals surface area contributed by atoms with Crippen molar-refractivity contribution in [3.05, 3.63) is 0 Å². The van der Waals surface area contributed by atoms with Gasteiger partial charge < -0.3 is 5.32 Å². The molecule has 2 aliphatic rings. The van der Waals surface area contributed by atoms with E-state index in [4.69, 9.17) is 0 Å². The van der Waals surface area contributed by atoms with E-state index in [-0.39, 0.29) is 0 Å². The fourth-order valence-corrected chi connectivity index (χ4v) is 3.16. The molecule has 1 heteroatoms. The third-order valence-electron chi connectivity index (χ3n) is 4.31. The van der Waals surface area contributed by atoms with E-state index >= 15 is 0 Å². The van der Waals surface area contributed by atoms with Crippen LogP contribution in [0.2, 0.25) is 0 Å². The Morgan fingerprint density at radius 2 is 1.87 bits per heavy atom. The van der Waals surface area contributed by atoms with Crippen molar-refractivity contribution in [1.82, 2.24) is 5.32 Å². The van der Waals surface area contributed by atoms with Gasteiger partial charge in [0.15, 0.2) is 0 Å². The Morgan fingerprint density at radius 3 is 2.53 bits per heavy atom. The van der Waals surface area contributed by atoms with Crippen molar-refractivity contribution in [2.24, 2.45) is 17.8 Å². The molecule has 2 saturated carbocycles. The average Bonchev–Trinajstić information content (AvgIpc) is 3.01. The van der Waals surface area contributed by atoms with Crippen LogP contribution in [0, 0.1) is 17.8 Å². The van der Waals surface area contributed by atoms with Gasteiger partial charge in [-0.15, -0.1) is 0 Å². The number of nitrogens with one attached hydrogen (secondary N) is 1. The summed E-state index contributed by atoms with van der Waals surface area (Å²) in [4.78, 5) is 0. The Kier molecular flexibility index (Phi) is 4.07. The second kappa shape index (κ2) is 5.34. The largest absolute Gasteiger partial charge is 0.314 e. The fourth-order valence-electron chi connectivity index (χ4n) is 3.16. The predicted molar refractivity (Wildman–Crippen MR) is 65.9 cm³/mol. The van der Waals surface area contributed by atoms with Crippen molar-refractivity contribution < 1.29 is 0 Å². The monoisotopic (exact) mass is 209 g/mol. The van der Waals surface area contributed by atoms with Gasteiger partial charge in [-0.25, -0.2) is 0 Å². The molecule has 1 N–H and O–H groups in total. The molecule has 2 fully saturated rings. The highest BCUT2D eigenvalue weighted by Gasteiger charge is 2.29. The van der Waals surface area contributed by atoms with Gasteiger partial charge >= 0.3 is 0 Å². The molecular weight excluding hydrogens is 182 g/mol. The molecule has 0 aromatic heterocycles. The molecule has 3 atom stereocenters. The van der Waals surface area contributed by atoms with Crippen LogP contribution in [0.15, 0.2) is 0 Å². The molecule has 0 amide bonds. The summed E-state index contributed by atoms with van der Waals surface area (Å²) in [6.07, 6.45) is 10.1. The average molecular weight is 209 g/mol. The predicted octanol–water partition coefficient (Wildman–Crippen LogP) is 3.59. The van der Waals surface area contributed by atoms with Gasteiger partial charge in [0.25, 0.3) is 0 Å². The van der Waals surface area contributed by atoms with Crippen LogP contribution in [-0.2, 0) is 0 Å². The van der Waals surface area contributed by atoms with Crippen LogP contribution in [0.4, 0.5) is 0 Å². The minimum Gasteiger partial charge on any atom is -0.314 e. The zero-order valence-corrected chi connectivity index (χ0v) is 10.5. The van der Waals surface area contributed by atoms with Crippen LogP contribution in [0.5, 0.6) is 0 Å². The third-order valence-corrected chi connectivity index (χ3v) is 4.31. The first-order valence-electron chi connectivity index (χ1n) is 7.03. The standard InChI is InChI=1S/C14H27N/c1-3-4-12-9-11(2)5-6-13(12)10-15-14-7-8-14/h11-15H,3-10H2,1-2H3. The van der Waals surface area contributed by atoms with Crippen molar-refractivity contribution in [2.45, 2.75) is 64.8 Å². The Morgan fingerprint density at radius 1 is 1.07 bits per heavy atom. The summed E-state index contributed by atoms with van der Waals surface area (Å²) in [7, 11) is 0. The van der Waals surface area contributed by atoms with E-state index in [0.717, 1.165) is 23.8 Å². The van der Waals surface area contributed by atoms with E-state index in [1.165, 1.54) is 51.5 Å². The molecule has 2 aliphatic carbocycles. The molecule has 0 aromatic carbocycles. The smallest absolute Gasteiger partial charge is 0.00683 e. The molecular formula is C14H27N. The van der Waals surface area contributed by atoms with Gasteiger partial charge in [-0.1, -0.05) is 33.1 Å². The third kappa shape index (κ3) is 3.48. The van der Waals surface area contributed by atoms with E-state index in [9.17, 15) is 0 Å². The minimum atomic E-state index is 0.895. The molecule has 2 rings (SSSR count). The van der Waals surface area contributed by atoms with Crippen molar-refractivity contribution in [3.63, 3.8) is 0 Å². The summed E-state index contributed by atoms with van der Waals surface area (Å²) in [5, 5.41) is 3.73. The Labute approximate surface area is 95.0 Å². The number of hydrogen-bond acceptors (Lipinski definition) is 1. The van der Waals surface area contributed by atoms with Gasteiger partial charge in [0.2, 0.25) is 0 Å². The summed E-state index contributed by atoms with van der Waals surface area (Å²) in [6, 6.07) is 0.895. The van der Waals surface area contributed by atoms with Crippen molar-refractivity contribution in [1.29, 1.82) is 0 Å². The first-order chi connectivity index (χ1) is 7.29. The van der Waals surface area contributed by atoms with Crippen LogP contribution in [0.3, 0.4) is 0 Å². The number of hydrogen-bond donors (Lipinski definition) is 1. The van der Waals surface area contributed by atoms with Gasteiger partial charge in [-0.2, -0.15) is 0 Å². The zero-order chi connectivity index (χ0) is 10.7. The van der Waals surface area contributed by atoms with E-state index in [1.54, 1.807) is 0 Å². The van der Waals surface area contributed by atoms with Crippen molar-refractivity contribution in [2.75, 3.05) is 6.54 Å². The molecule has 3 unspecified atom stereocenters. The highest BCUT2D eigenvalue weighted by atomic mass is 14.9. The van der Waals surface area contributed by atoms with Crippen LogP contribution in [-0.4, -0.2) is 12.6 Å². The first kappa shape index (κ1) is 11.4. The van der Waals surface area contributed by atoms with Gasteiger partial charge in [0, 0.05) is 6.04 Å². The molecule has 88 valence electrons. The second-order valence-corrected chi connectivity index (χ2v) is 5.91. The van der Waals surface area contributed by atoms with Gasteiger partial charge in [-0.05, 0) is 50.0 Å². The zero-order valence-electron chi connectivity index (χ0n) is 10.5. The Bertz CT molecular complexity index is 186. The molecule has 0 heterocycles. The van der Waals surface area contributed by atoms with Crippen LogP contribution in [0.1, 0.15) is 58.8 Å². The number of rotatable bonds is 5. The molecule has 15 heavy (non-hydrogen) atoms. The Balaban J connectivity index is 1.77. The van der Waals surface area contributed by atoms with Crippen LogP contribution < -0.4 is 5.32 Å². The molecule has 0 spiro atoms. The highest BCUT2D eigenvalue weighted by molar-refractivity contribution is 4.85. The minimum absolute atomic E-state index is 0.895. The molecule has 0 aromatic rings. The highest BCUT2D eigenvalue weighted by Crippen LogP contribution is 2.36. The topological polar surface area (TPSA) is 12.0 Å². The lowest BCUT2D eigenvalue weighted by Crippen LogP contribution is -2.33. The summed E-state index contributed by atoms with van der Waals surface area (Å²) in [5.41, 5.74) is 0. The first-order valence-corrected chi connectivity index (χ1v) is 7.03. The maximum atomic E-state index is 3.73. The van der Waals surface area contributed by atoms with E-state index in [2.05, 4.69) is 19.2 Å². The maximum absolute atomic E-state index is 3.73. The lowest BCUT2D eigenvalue weighted by Gasteiger charge is -2.35. The quantitative estimate of drug-likeness (QED) is 0.729. The van der Waals surface area contributed by atoms with Crippen LogP contribution in [0.25, 0.3) is 0 Å². The maximum Gasteiger partial charge on any atom is 0.00683 e. The fraction of sp³-hybridized carbons (Fsp3) is 1.00. The van der Waals surface area contributed by atoms with Gasteiger partial charge in [-0.3, -0.25) is 0 Å².